The van der Waals surface area contributed by atoms with Crippen molar-refractivity contribution in [3.05, 3.63) is 34.3 Å². The molecule has 2 aliphatic rings. The van der Waals surface area contributed by atoms with Gasteiger partial charge in [0.05, 0.1) is 0 Å². The molecule has 2 heterocycles. The van der Waals surface area contributed by atoms with Crippen LogP contribution in [-0.2, 0) is 10.3 Å². The first-order valence-corrected chi connectivity index (χ1v) is 8.17. The van der Waals surface area contributed by atoms with E-state index in [1.54, 1.807) is 0 Å². The third kappa shape index (κ3) is 2.29. The zero-order chi connectivity index (χ0) is 14.3. The van der Waals surface area contributed by atoms with Crippen LogP contribution in [0.2, 0.25) is 0 Å². The van der Waals surface area contributed by atoms with Gasteiger partial charge in [0.2, 0.25) is 5.91 Å². The lowest BCUT2D eigenvalue weighted by Gasteiger charge is -2.39. The Hall–Kier alpha value is -0.870. The van der Waals surface area contributed by atoms with Gasteiger partial charge in [-0.1, -0.05) is 28.1 Å². The average molecular weight is 337 g/mol. The molecule has 0 radical (unpaired) electrons. The summed E-state index contributed by atoms with van der Waals surface area (Å²) in [5.41, 5.74) is 6.36. The second-order valence-corrected chi connectivity index (χ2v) is 7.15. The molecule has 0 aliphatic carbocycles. The molecule has 108 valence electrons. The predicted molar refractivity (Wildman–Crippen MR) is 83.2 cm³/mol. The molecule has 2 fully saturated rings. The molecule has 1 aromatic rings. The van der Waals surface area contributed by atoms with Crippen LogP contribution < -0.4 is 5.73 Å². The summed E-state index contributed by atoms with van der Waals surface area (Å²) >= 11 is 3.42. The maximum absolute atomic E-state index is 13.0. The molecule has 2 bridgehead atoms. The van der Waals surface area contributed by atoms with Gasteiger partial charge in [-0.3, -0.25) is 4.79 Å². The first kappa shape index (κ1) is 14.1. The summed E-state index contributed by atoms with van der Waals surface area (Å²) in [5, 5.41) is 0. The van der Waals surface area contributed by atoms with Crippen molar-refractivity contribution in [2.75, 3.05) is 0 Å². The minimum absolute atomic E-state index is 0.0898. The second-order valence-electron chi connectivity index (χ2n) is 6.24. The number of nitrogens with zero attached hydrogens (tertiary/aromatic N) is 1. The molecule has 0 saturated carbocycles. The van der Waals surface area contributed by atoms with Gasteiger partial charge in [-0.25, -0.2) is 0 Å². The molecule has 0 aromatic heterocycles. The van der Waals surface area contributed by atoms with Crippen molar-refractivity contribution in [3.8, 4) is 0 Å². The van der Waals surface area contributed by atoms with E-state index in [0.717, 1.165) is 35.7 Å². The van der Waals surface area contributed by atoms with E-state index in [0.29, 0.717) is 12.1 Å². The number of piperidine rings is 1. The maximum Gasteiger partial charge on any atom is 0.247 e. The summed E-state index contributed by atoms with van der Waals surface area (Å²) in [7, 11) is 0. The fourth-order valence-corrected chi connectivity index (χ4v) is 3.90. The molecule has 4 heteroatoms. The van der Waals surface area contributed by atoms with Gasteiger partial charge >= 0.3 is 0 Å². The highest BCUT2D eigenvalue weighted by molar-refractivity contribution is 9.10. The van der Waals surface area contributed by atoms with Crippen LogP contribution in [0, 0.1) is 0 Å². The highest BCUT2D eigenvalue weighted by atomic mass is 79.9. The fraction of sp³-hybridized carbons (Fsp3) is 0.562. The molecule has 1 amide bonds. The number of hydrogen-bond acceptors (Lipinski definition) is 2. The molecule has 2 saturated heterocycles. The monoisotopic (exact) mass is 336 g/mol. The number of rotatable bonds is 2. The molecule has 20 heavy (non-hydrogen) atoms. The van der Waals surface area contributed by atoms with Crippen molar-refractivity contribution in [3.63, 3.8) is 0 Å². The molecule has 1 aromatic carbocycles. The van der Waals surface area contributed by atoms with E-state index in [9.17, 15) is 4.79 Å². The summed E-state index contributed by atoms with van der Waals surface area (Å²) in [6.45, 7) is 1.84. The topological polar surface area (TPSA) is 46.3 Å². The van der Waals surface area contributed by atoms with Crippen molar-refractivity contribution in [1.82, 2.24) is 4.90 Å². The van der Waals surface area contributed by atoms with Crippen molar-refractivity contribution >= 4 is 21.8 Å². The summed E-state index contributed by atoms with van der Waals surface area (Å²) in [5.74, 6) is 0.0898. The van der Waals surface area contributed by atoms with Gasteiger partial charge in [-0.15, -0.1) is 0 Å². The van der Waals surface area contributed by atoms with E-state index < -0.39 is 5.54 Å². The van der Waals surface area contributed by atoms with E-state index in [1.807, 2.05) is 31.2 Å². The van der Waals surface area contributed by atoms with Gasteiger partial charge in [-0.2, -0.15) is 0 Å². The first-order chi connectivity index (χ1) is 9.50. The van der Waals surface area contributed by atoms with Crippen LogP contribution in [0.4, 0.5) is 0 Å². The van der Waals surface area contributed by atoms with Crippen LogP contribution in [0.5, 0.6) is 0 Å². The predicted octanol–water partition coefficient (Wildman–Crippen LogP) is 3.17. The van der Waals surface area contributed by atoms with E-state index in [-0.39, 0.29) is 5.91 Å². The third-order valence-electron chi connectivity index (χ3n) is 4.82. The Bertz CT molecular complexity index is 496. The smallest absolute Gasteiger partial charge is 0.247 e. The molecule has 3 rings (SSSR count). The van der Waals surface area contributed by atoms with Crippen molar-refractivity contribution < 1.29 is 4.79 Å². The number of benzene rings is 1. The zero-order valence-electron chi connectivity index (χ0n) is 11.8. The van der Waals surface area contributed by atoms with Crippen LogP contribution in [0.25, 0.3) is 0 Å². The Balaban J connectivity index is 1.87. The average Bonchev–Trinajstić information content (AvgIpc) is 2.67. The lowest BCUT2D eigenvalue weighted by molar-refractivity contribution is -0.141. The van der Waals surface area contributed by atoms with E-state index in [4.69, 9.17) is 5.73 Å². The Morgan fingerprint density at radius 1 is 1.20 bits per heavy atom. The number of halogens is 1. The summed E-state index contributed by atoms with van der Waals surface area (Å²) in [6.07, 6.45) is 5.82. The van der Waals surface area contributed by atoms with E-state index >= 15 is 0 Å². The SMILES string of the molecule is CC(N)(C(=O)N1C2CCCC1CC2)c1ccc(Br)cc1. The summed E-state index contributed by atoms with van der Waals surface area (Å²) < 4.78 is 1.00. The molecule has 3 unspecified atom stereocenters. The van der Waals surface area contributed by atoms with Gasteiger partial charge < -0.3 is 10.6 Å². The van der Waals surface area contributed by atoms with Crippen molar-refractivity contribution in [2.24, 2.45) is 5.73 Å². The normalized spacial score (nSPS) is 28.2. The zero-order valence-corrected chi connectivity index (χ0v) is 13.4. The number of nitrogens with two attached hydrogens (primary N) is 1. The maximum atomic E-state index is 13.0. The Morgan fingerprint density at radius 2 is 1.75 bits per heavy atom. The molecule has 3 atom stereocenters. The molecule has 3 nitrogen and oxygen atoms in total. The number of hydrogen-bond donors (Lipinski definition) is 1. The minimum atomic E-state index is -0.932. The second kappa shape index (κ2) is 5.15. The van der Waals surface area contributed by atoms with E-state index in [2.05, 4.69) is 20.8 Å². The van der Waals surface area contributed by atoms with Gasteiger partial charge in [0.25, 0.3) is 0 Å². The Labute approximate surface area is 128 Å². The van der Waals surface area contributed by atoms with Gasteiger partial charge in [-0.05, 0) is 56.7 Å². The Kier molecular flexibility index (Phi) is 3.63. The number of fused-ring (bicyclic) bond motifs is 2. The minimum Gasteiger partial charge on any atom is -0.335 e. The quantitative estimate of drug-likeness (QED) is 0.901. The Morgan fingerprint density at radius 3 is 2.30 bits per heavy atom. The number of amides is 1. The van der Waals surface area contributed by atoms with Crippen LogP contribution in [0.15, 0.2) is 28.7 Å². The van der Waals surface area contributed by atoms with Gasteiger partial charge in [0.15, 0.2) is 0 Å². The van der Waals surface area contributed by atoms with E-state index in [1.165, 1.54) is 6.42 Å². The van der Waals surface area contributed by atoms with Gasteiger partial charge in [0, 0.05) is 16.6 Å². The van der Waals surface area contributed by atoms with Crippen LogP contribution in [-0.4, -0.2) is 22.9 Å². The van der Waals surface area contributed by atoms with Crippen LogP contribution >= 0.6 is 15.9 Å². The third-order valence-corrected chi connectivity index (χ3v) is 5.35. The summed E-state index contributed by atoms with van der Waals surface area (Å²) in [6, 6.07) is 8.60. The van der Waals surface area contributed by atoms with Gasteiger partial charge in [0.1, 0.15) is 5.54 Å². The lowest BCUT2D eigenvalue weighted by Crippen LogP contribution is -2.55. The molecule has 0 spiro atoms. The highest BCUT2D eigenvalue weighted by Gasteiger charge is 2.45. The lowest BCUT2D eigenvalue weighted by atomic mass is 9.89. The summed E-state index contributed by atoms with van der Waals surface area (Å²) in [4.78, 5) is 15.0. The van der Waals surface area contributed by atoms with Crippen molar-refractivity contribution in [2.45, 2.75) is 56.7 Å². The number of carbonyl (C=O) groups excluding carboxylic acids is 1. The van der Waals surface area contributed by atoms with Crippen LogP contribution in [0.3, 0.4) is 0 Å². The standard InChI is InChI=1S/C16H21BrN2O/c1-16(18,11-5-7-12(17)8-6-11)15(20)19-13-3-2-4-14(19)10-9-13/h5-8,13-14H,2-4,9-10,18H2,1H3. The molecular formula is C16H21BrN2O. The first-order valence-electron chi connectivity index (χ1n) is 7.38. The largest absolute Gasteiger partial charge is 0.335 e. The fourth-order valence-electron chi connectivity index (χ4n) is 3.64. The molecule has 2 N–H and O–H groups in total. The van der Waals surface area contributed by atoms with Crippen molar-refractivity contribution in [1.29, 1.82) is 0 Å². The van der Waals surface area contributed by atoms with Crippen LogP contribution in [0.1, 0.15) is 44.6 Å². The number of carbonyl (C=O) groups is 1. The molecular weight excluding hydrogens is 316 g/mol. The molecule has 2 aliphatic heterocycles. The highest BCUT2D eigenvalue weighted by Crippen LogP contribution is 2.38.